The number of rotatable bonds is 7. The zero-order valence-corrected chi connectivity index (χ0v) is 18.7. The van der Waals surface area contributed by atoms with Gasteiger partial charge in [0.2, 0.25) is 0 Å². The van der Waals surface area contributed by atoms with E-state index in [1.165, 1.54) is 29.5 Å². The lowest BCUT2D eigenvalue weighted by Crippen LogP contribution is -2.29. The molecule has 8 nitrogen and oxygen atoms in total. The van der Waals surface area contributed by atoms with Crippen molar-refractivity contribution >= 4 is 45.2 Å². The number of aromatic amines is 1. The van der Waals surface area contributed by atoms with Gasteiger partial charge in [-0.15, -0.1) is 0 Å². The monoisotopic (exact) mass is 463 g/mol. The van der Waals surface area contributed by atoms with Crippen LogP contribution in [0.25, 0.3) is 10.9 Å². The third kappa shape index (κ3) is 4.64. The van der Waals surface area contributed by atoms with Crippen molar-refractivity contribution in [2.24, 2.45) is 0 Å². The summed E-state index contributed by atoms with van der Waals surface area (Å²) < 4.78 is 29.2. The molecule has 9 heteroatoms. The first-order valence-corrected chi connectivity index (χ1v) is 11.0. The van der Waals surface area contributed by atoms with Gasteiger partial charge in [0.15, 0.2) is 0 Å². The first kappa shape index (κ1) is 22.3. The molecule has 0 saturated carbocycles. The number of ketones is 1. The van der Waals surface area contributed by atoms with E-state index in [4.69, 9.17) is 4.74 Å². The lowest BCUT2D eigenvalue weighted by atomic mass is 10.1. The highest BCUT2D eigenvalue weighted by Gasteiger charge is 2.23. The van der Waals surface area contributed by atoms with Crippen LogP contribution < -0.4 is 9.04 Å². The summed E-state index contributed by atoms with van der Waals surface area (Å²) in [5, 5.41) is 0.479. The SMILES string of the molecule is CN(C)C(=O)C(=O)c1c[nH]c2ccc(N(c3ccc(Oc4ccccc4)cc3)S(=O)O)cc12. The zero-order valence-electron chi connectivity index (χ0n) is 17.9. The van der Waals surface area contributed by atoms with Gasteiger partial charge in [0.1, 0.15) is 11.5 Å². The van der Waals surface area contributed by atoms with Gasteiger partial charge in [-0.3, -0.25) is 14.1 Å². The molecule has 1 atom stereocenters. The molecule has 1 aromatic heterocycles. The summed E-state index contributed by atoms with van der Waals surface area (Å²) in [6, 6.07) is 20.9. The Kier molecular flexibility index (Phi) is 6.25. The number of anilines is 2. The van der Waals surface area contributed by atoms with Gasteiger partial charge in [0.05, 0.1) is 16.9 Å². The summed E-state index contributed by atoms with van der Waals surface area (Å²) in [5.74, 6) is -0.0691. The molecule has 1 unspecified atom stereocenters. The summed E-state index contributed by atoms with van der Waals surface area (Å²) >= 11 is -2.39. The summed E-state index contributed by atoms with van der Waals surface area (Å²) in [7, 11) is 3.00. The Labute approximate surface area is 192 Å². The van der Waals surface area contributed by atoms with E-state index in [2.05, 4.69) is 4.98 Å². The molecule has 0 aliphatic heterocycles. The van der Waals surface area contributed by atoms with Crippen molar-refractivity contribution in [2.45, 2.75) is 0 Å². The van der Waals surface area contributed by atoms with E-state index in [-0.39, 0.29) is 5.56 Å². The topological polar surface area (TPSA) is 103 Å². The Balaban J connectivity index is 1.67. The minimum Gasteiger partial charge on any atom is -0.457 e. The van der Waals surface area contributed by atoms with Gasteiger partial charge in [-0.05, 0) is 54.6 Å². The molecule has 0 spiro atoms. The average Bonchev–Trinajstić information content (AvgIpc) is 3.23. The first-order chi connectivity index (χ1) is 15.8. The highest BCUT2D eigenvalue weighted by Crippen LogP contribution is 2.33. The molecule has 0 saturated heterocycles. The van der Waals surface area contributed by atoms with Gasteiger partial charge in [0.25, 0.3) is 23.0 Å². The molecule has 33 heavy (non-hydrogen) atoms. The van der Waals surface area contributed by atoms with Crippen LogP contribution in [0.3, 0.4) is 0 Å². The Morgan fingerprint density at radius 2 is 1.55 bits per heavy atom. The second-order valence-electron chi connectivity index (χ2n) is 7.40. The number of carbonyl (C=O) groups excluding carboxylic acids is 2. The van der Waals surface area contributed by atoms with Crippen LogP contribution in [0, 0.1) is 0 Å². The molecule has 2 N–H and O–H groups in total. The summed E-state index contributed by atoms with van der Waals surface area (Å²) in [5.41, 5.74) is 1.65. The predicted octanol–water partition coefficient (Wildman–Crippen LogP) is 4.51. The summed E-state index contributed by atoms with van der Waals surface area (Å²) in [6.07, 6.45) is 1.47. The number of hydrogen-bond donors (Lipinski definition) is 2. The number of ether oxygens (including phenoxy) is 1. The number of H-pyrrole nitrogens is 1. The molecule has 3 aromatic carbocycles. The fourth-order valence-electron chi connectivity index (χ4n) is 3.34. The molecule has 4 rings (SSSR count). The normalized spacial score (nSPS) is 11.7. The molecular weight excluding hydrogens is 442 g/mol. The van der Waals surface area contributed by atoms with Crippen LogP contribution in [0.2, 0.25) is 0 Å². The molecule has 0 radical (unpaired) electrons. The molecular formula is C24H21N3O5S. The number of hydrogen-bond acceptors (Lipinski definition) is 4. The maximum atomic E-state index is 12.6. The van der Waals surface area contributed by atoms with Crippen molar-refractivity contribution < 1.29 is 23.1 Å². The van der Waals surface area contributed by atoms with Crippen molar-refractivity contribution in [1.29, 1.82) is 0 Å². The minimum absolute atomic E-state index is 0.195. The fraction of sp³-hybridized carbons (Fsp3) is 0.0833. The average molecular weight is 464 g/mol. The van der Waals surface area contributed by atoms with Crippen molar-refractivity contribution in [3.05, 3.63) is 84.6 Å². The highest BCUT2D eigenvalue weighted by atomic mass is 32.2. The van der Waals surface area contributed by atoms with E-state index in [9.17, 15) is 18.4 Å². The molecule has 1 heterocycles. The maximum Gasteiger partial charge on any atom is 0.294 e. The van der Waals surface area contributed by atoms with E-state index in [0.29, 0.717) is 33.8 Å². The van der Waals surface area contributed by atoms with Gasteiger partial charge in [-0.25, -0.2) is 8.51 Å². The van der Waals surface area contributed by atoms with Crippen LogP contribution in [0.1, 0.15) is 10.4 Å². The van der Waals surface area contributed by atoms with E-state index < -0.39 is 23.0 Å². The second kappa shape index (κ2) is 9.27. The van der Waals surface area contributed by atoms with Gasteiger partial charge in [0, 0.05) is 31.2 Å². The second-order valence-corrected chi connectivity index (χ2v) is 8.22. The number of aromatic nitrogens is 1. The van der Waals surface area contributed by atoms with Gasteiger partial charge in [-0.2, -0.15) is 0 Å². The van der Waals surface area contributed by atoms with E-state index in [1.807, 2.05) is 30.3 Å². The van der Waals surface area contributed by atoms with Crippen LogP contribution in [-0.2, 0) is 16.1 Å². The largest absolute Gasteiger partial charge is 0.457 e. The van der Waals surface area contributed by atoms with Crippen LogP contribution in [0.5, 0.6) is 11.5 Å². The molecule has 168 valence electrons. The van der Waals surface area contributed by atoms with Crippen molar-refractivity contribution in [3.63, 3.8) is 0 Å². The third-order valence-corrected chi connectivity index (χ3v) is 5.69. The highest BCUT2D eigenvalue weighted by molar-refractivity contribution is 7.81. The van der Waals surface area contributed by atoms with Crippen molar-refractivity contribution in [3.8, 4) is 11.5 Å². The first-order valence-electron chi connectivity index (χ1n) is 9.96. The van der Waals surface area contributed by atoms with Crippen LogP contribution in [0.4, 0.5) is 11.4 Å². The van der Waals surface area contributed by atoms with Gasteiger partial charge in [-0.1, -0.05) is 18.2 Å². The smallest absolute Gasteiger partial charge is 0.294 e. The number of amides is 1. The maximum absolute atomic E-state index is 12.6. The Hall–Kier alpha value is -3.95. The van der Waals surface area contributed by atoms with Gasteiger partial charge < -0.3 is 14.6 Å². The number of nitrogens with zero attached hydrogens (tertiary/aromatic N) is 2. The van der Waals surface area contributed by atoms with Crippen molar-refractivity contribution in [2.75, 3.05) is 18.4 Å². The number of nitrogens with one attached hydrogen (secondary N) is 1. The number of benzene rings is 3. The standard InChI is InChI=1S/C24H21N3O5S/c1-26(2)24(29)23(28)21-15-25-22-13-10-17(14-20(21)22)27(33(30)31)16-8-11-19(12-9-16)32-18-6-4-3-5-7-18/h3-15,25H,1-2H3,(H,30,31). The Bertz CT molecular complexity index is 1330. The van der Waals surface area contributed by atoms with E-state index in [1.54, 1.807) is 42.5 Å². The van der Waals surface area contributed by atoms with Gasteiger partial charge >= 0.3 is 0 Å². The molecule has 0 aliphatic carbocycles. The predicted molar refractivity (Wildman–Crippen MR) is 127 cm³/mol. The van der Waals surface area contributed by atoms with E-state index >= 15 is 0 Å². The number of para-hydroxylation sites is 1. The number of likely N-dealkylation sites (N-methyl/N-ethyl adjacent to an activating group) is 1. The quantitative estimate of drug-likeness (QED) is 0.239. The lowest BCUT2D eigenvalue weighted by Gasteiger charge is -2.20. The van der Waals surface area contributed by atoms with Crippen LogP contribution in [0.15, 0.2) is 79.0 Å². The molecule has 4 aromatic rings. The lowest BCUT2D eigenvalue weighted by molar-refractivity contribution is -0.124. The van der Waals surface area contributed by atoms with Crippen LogP contribution >= 0.6 is 0 Å². The molecule has 0 fully saturated rings. The molecule has 0 bridgehead atoms. The zero-order chi connectivity index (χ0) is 23.5. The van der Waals surface area contributed by atoms with Crippen LogP contribution in [-0.4, -0.2) is 44.4 Å². The molecule has 1 amide bonds. The number of Topliss-reactive ketones (excluding diaryl/α,β-unsaturated/α-hetero) is 1. The minimum atomic E-state index is -2.39. The summed E-state index contributed by atoms with van der Waals surface area (Å²) in [6.45, 7) is 0. The van der Waals surface area contributed by atoms with Crippen molar-refractivity contribution in [1.82, 2.24) is 9.88 Å². The third-order valence-electron chi connectivity index (χ3n) is 4.95. The Morgan fingerprint density at radius 3 is 2.18 bits per heavy atom. The summed E-state index contributed by atoms with van der Waals surface area (Å²) in [4.78, 5) is 28.9. The Morgan fingerprint density at radius 1 is 0.909 bits per heavy atom. The number of carbonyl (C=O) groups is 2. The van der Waals surface area contributed by atoms with E-state index in [0.717, 1.165) is 0 Å². The molecule has 0 aliphatic rings. The fourth-order valence-corrected chi connectivity index (χ4v) is 3.94. The number of fused-ring (bicyclic) bond motifs is 1.